The van der Waals surface area contributed by atoms with Crippen LogP contribution >= 0.6 is 11.6 Å². The molecule has 9 nitrogen and oxygen atoms in total. The summed E-state index contributed by atoms with van der Waals surface area (Å²) >= 11 is 5.56. The summed E-state index contributed by atoms with van der Waals surface area (Å²) in [5, 5.41) is 11.4. The number of hydrogen-bond donors (Lipinski definition) is 2. The van der Waals surface area contributed by atoms with Crippen LogP contribution in [-0.4, -0.2) is 41.3 Å². The lowest BCUT2D eigenvalue weighted by Gasteiger charge is -2.07. The third-order valence-corrected chi connectivity index (χ3v) is 3.40. The molecular formula is C13H14ClN7O2. The molecule has 0 aliphatic rings. The van der Waals surface area contributed by atoms with E-state index in [4.69, 9.17) is 11.6 Å². The molecule has 0 atom stereocenters. The quantitative estimate of drug-likeness (QED) is 0.682. The number of nitrogens with zero attached hydrogens (tertiary/aromatic N) is 5. The Balaban J connectivity index is 2.10. The number of aromatic nitrogens is 6. The number of rotatable bonds is 4. The van der Waals surface area contributed by atoms with Crippen molar-refractivity contribution < 1.29 is 4.79 Å². The summed E-state index contributed by atoms with van der Waals surface area (Å²) in [7, 11) is 1.69. The molecule has 2 N–H and O–H groups in total. The molecule has 0 radical (unpaired) electrons. The molecular weight excluding hydrogens is 322 g/mol. The van der Waals surface area contributed by atoms with Gasteiger partial charge in [0.25, 0.3) is 5.56 Å². The van der Waals surface area contributed by atoms with Gasteiger partial charge in [-0.1, -0.05) is 0 Å². The molecule has 23 heavy (non-hydrogen) atoms. The number of nitrogens with one attached hydrogen (secondary N) is 2. The van der Waals surface area contributed by atoms with E-state index in [9.17, 15) is 9.59 Å². The minimum absolute atomic E-state index is 0.177. The molecule has 0 aliphatic heterocycles. The number of amides is 1. The highest BCUT2D eigenvalue weighted by Crippen LogP contribution is 2.15. The van der Waals surface area contributed by atoms with Crippen LogP contribution in [0.1, 0.15) is 12.1 Å². The van der Waals surface area contributed by atoms with Crippen molar-refractivity contribution in [2.75, 3.05) is 11.2 Å². The van der Waals surface area contributed by atoms with Crippen LogP contribution in [0.4, 0.5) is 5.82 Å². The Bertz CT molecular complexity index is 940. The Hall–Kier alpha value is -2.68. The van der Waals surface area contributed by atoms with Gasteiger partial charge in [0.1, 0.15) is 11.2 Å². The number of aromatic amines is 1. The van der Waals surface area contributed by atoms with E-state index in [1.165, 1.54) is 15.6 Å². The topological polar surface area (TPSA) is 110 Å². The van der Waals surface area contributed by atoms with E-state index in [0.29, 0.717) is 22.5 Å². The van der Waals surface area contributed by atoms with Gasteiger partial charge in [-0.25, -0.2) is 0 Å². The monoisotopic (exact) mass is 335 g/mol. The van der Waals surface area contributed by atoms with Crippen molar-refractivity contribution in [3.05, 3.63) is 28.3 Å². The summed E-state index contributed by atoms with van der Waals surface area (Å²) in [5.74, 6) is 0.572. The first kappa shape index (κ1) is 15.2. The van der Waals surface area contributed by atoms with Crippen LogP contribution in [-0.2, 0) is 11.8 Å². The van der Waals surface area contributed by atoms with Crippen molar-refractivity contribution >= 4 is 34.4 Å². The molecule has 1 amide bonds. The summed E-state index contributed by atoms with van der Waals surface area (Å²) in [4.78, 5) is 30.9. The van der Waals surface area contributed by atoms with Crippen molar-refractivity contribution in [1.29, 1.82) is 0 Å². The zero-order chi connectivity index (χ0) is 16.6. The van der Waals surface area contributed by atoms with Crippen molar-refractivity contribution in [3.63, 3.8) is 0 Å². The highest BCUT2D eigenvalue weighted by Gasteiger charge is 2.15. The van der Waals surface area contributed by atoms with Gasteiger partial charge in [0.05, 0.1) is 11.9 Å². The van der Waals surface area contributed by atoms with Gasteiger partial charge in [-0.3, -0.25) is 19.3 Å². The first-order valence-corrected chi connectivity index (χ1v) is 7.38. The van der Waals surface area contributed by atoms with Gasteiger partial charge in [0, 0.05) is 25.4 Å². The van der Waals surface area contributed by atoms with Crippen LogP contribution in [0, 0.1) is 6.92 Å². The van der Waals surface area contributed by atoms with Crippen LogP contribution in [0.2, 0.25) is 0 Å². The third kappa shape index (κ3) is 2.82. The maximum atomic E-state index is 12.1. The number of alkyl halides is 1. The van der Waals surface area contributed by atoms with E-state index < -0.39 is 0 Å². The van der Waals surface area contributed by atoms with Crippen molar-refractivity contribution in [2.45, 2.75) is 13.3 Å². The maximum Gasteiger partial charge on any atom is 0.263 e. The smallest absolute Gasteiger partial charge is 0.263 e. The fourth-order valence-corrected chi connectivity index (χ4v) is 2.33. The number of aryl methyl sites for hydroxylation is 2. The van der Waals surface area contributed by atoms with Crippen LogP contribution in [0.3, 0.4) is 0 Å². The molecule has 0 aromatic carbocycles. The summed E-state index contributed by atoms with van der Waals surface area (Å²) < 4.78 is 2.87. The van der Waals surface area contributed by atoms with E-state index in [1.54, 1.807) is 20.0 Å². The SMILES string of the molecule is Cc1cc(NC(=O)CCCl)n(-c2nc3c(cnn3C)c(=O)[nH]2)n1. The Morgan fingerprint density at radius 2 is 2.26 bits per heavy atom. The van der Waals surface area contributed by atoms with E-state index in [-0.39, 0.29) is 29.7 Å². The number of carbonyl (C=O) groups excluding carboxylic acids is 1. The Morgan fingerprint density at radius 1 is 1.48 bits per heavy atom. The first-order chi connectivity index (χ1) is 11.0. The molecule has 0 aliphatic carbocycles. The summed E-state index contributed by atoms with van der Waals surface area (Å²) in [5.41, 5.74) is 0.762. The van der Waals surface area contributed by atoms with Gasteiger partial charge in [-0.15, -0.1) is 11.6 Å². The molecule has 0 fully saturated rings. The minimum atomic E-state index is -0.329. The average Bonchev–Trinajstić information content (AvgIpc) is 3.03. The van der Waals surface area contributed by atoms with E-state index >= 15 is 0 Å². The number of fused-ring (bicyclic) bond motifs is 1. The second-order valence-corrected chi connectivity index (χ2v) is 5.34. The molecule has 3 aromatic rings. The van der Waals surface area contributed by atoms with Gasteiger partial charge >= 0.3 is 0 Å². The van der Waals surface area contributed by atoms with E-state index in [1.807, 2.05) is 0 Å². The molecule has 0 unspecified atom stereocenters. The molecule has 10 heteroatoms. The summed E-state index contributed by atoms with van der Waals surface area (Å²) in [6.07, 6.45) is 1.62. The van der Waals surface area contributed by atoms with Crippen LogP contribution in [0.25, 0.3) is 17.0 Å². The van der Waals surface area contributed by atoms with Gasteiger partial charge in [0.15, 0.2) is 5.65 Å². The molecule has 0 spiro atoms. The van der Waals surface area contributed by atoms with Crippen LogP contribution in [0.5, 0.6) is 0 Å². The maximum absolute atomic E-state index is 12.1. The third-order valence-electron chi connectivity index (χ3n) is 3.21. The fourth-order valence-electron chi connectivity index (χ4n) is 2.16. The summed E-state index contributed by atoms with van der Waals surface area (Å²) in [6, 6.07) is 1.68. The molecule has 0 saturated carbocycles. The molecule has 3 heterocycles. The average molecular weight is 336 g/mol. The zero-order valence-electron chi connectivity index (χ0n) is 12.5. The molecule has 3 aromatic heterocycles. The number of anilines is 1. The standard InChI is InChI=1S/C13H14ClN7O2/c1-7-5-9(16-10(22)3-4-14)21(19-7)13-17-11-8(12(23)18-13)6-15-20(11)2/h5-6H,3-4H2,1-2H3,(H,16,22)(H,17,18,23). The number of carbonyl (C=O) groups is 1. The van der Waals surface area contributed by atoms with Crippen molar-refractivity contribution in [2.24, 2.45) is 7.05 Å². The Labute approximate surface area is 135 Å². The lowest BCUT2D eigenvalue weighted by atomic mass is 10.4. The largest absolute Gasteiger partial charge is 0.310 e. The van der Waals surface area contributed by atoms with Gasteiger partial charge in [-0.2, -0.15) is 19.9 Å². The lowest BCUT2D eigenvalue weighted by molar-refractivity contribution is -0.115. The van der Waals surface area contributed by atoms with E-state index in [0.717, 1.165) is 0 Å². The Kier molecular flexibility index (Phi) is 3.87. The predicted octanol–water partition coefficient (Wildman–Crippen LogP) is 0.718. The van der Waals surface area contributed by atoms with Crippen LogP contribution in [0.15, 0.2) is 17.1 Å². The fraction of sp³-hybridized carbons (Fsp3) is 0.308. The summed E-state index contributed by atoms with van der Waals surface area (Å²) in [6.45, 7) is 1.77. The van der Waals surface area contributed by atoms with Crippen molar-refractivity contribution in [1.82, 2.24) is 29.5 Å². The minimum Gasteiger partial charge on any atom is -0.310 e. The molecule has 3 rings (SSSR count). The van der Waals surface area contributed by atoms with Crippen molar-refractivity contribution in [3.8, 4) is 5.95 Å². The highest BCUT2D eigenvalue weighted by atomic mass is 35.5. The number of H-pyrrole nitrogens is 1. The second-order valence-electron chi connectivity index (χ2n) is 4.96. The number of hydrogen-bond acceptors (Lipinski definition) is 5. The van der Waals surface area contributed by atoms with E-state index in [2.05, 4.69) is 25.5 Å². The predicted molar refractivity (Wildman–Crippen MR) is 85.0 cm³/mol. The molecule has 120 valence electrons. The van der Waals surface area contributed by atoms with Crippen LogP contribution < -0.4 is 10.9 Å². The highest BCUT2D eigenvalue weighted by molar-refractivity contribution is 6.19. The number of halogens is 1. The second kappa shape index (κ2) is 5.84. The normalized spacial score (nSPS) is 11.1. The zero-order valence-corrected chi connectivity index (χ0v) is 13.3. The van der Waals surface area contributed by atoms with Gasteiger partial charge < -0.3 is 5.32 Å². The molecule has 0 bridgehead atoms. The first-order valence-electron chi connectivity index (χ1n) is 6.84. The van der Waals surface area contributed by atoms with Gasteiger partial charge in [0.2, 0.25) is 11.9 Å². The lowest BCUT2D eigenvalue weighted by Crippen LogP contribution is -2.19. The Morgan fingerprint density at radius 3 is 3.00 bits per heavy atom. The molecule has 0 saturated heterocycles. The van der Waals surface area contributed by atoms with Gasteiger partial charge in [-0.05, 0) is 6.92 Å².